The highest BCUT2D eigenvalue weighted by molar-refractivity contribution is 5.32. The maximum atomic E-state index is 9.16. The summed E-state index contributed by atoms with van der Waals surface area (Å²) in [5.41, 5.74) is 2.51. The smallest absolute Gasteiger partial charge is 0.119 e. The zero-order valence-corrected chi connectivity index (χ0v) is 13.5. The molecule has 1 saturated heterocycles. The van der Waals surface area contributed by atoms with Crippen molar-refractivity contribution in [3.05, 3.63) is 29.3 Å². The van der Waals surface area contributed by atoms with Gasteiger partial charge in [0.2, 0.25) is 0 Å². The van der Waals surface area contributed by atoms with Crippen LogP contribution in [0.1, 0.15) is 43.2 Å². The fourth-order valence-corrected chi connectivity index (χ4v) is 3.30. The van der Waals surface area contributed by atoms with Crippen molar-refractivity contribution in [1.29, 1.82) is 0 Å². The minimum Gasteiger partial charge on any atom is -0.494 e. The second-order valence-corrected chi connectivity index (χ2v) is 6.22. The van der Waals surface area contributed by atoms with Crippen LogP contribution in [0.3, 0.4) is 0 Å². The van der Waals surface area contributed by atoms with Gasteiger partial charge in [0.05, 0.1) is 6.61 Å². The average molecular weight is 291 g/mol. The molecule has 0 spiro atoms. The number of hydrogen-bond donors (Lipinski definition) is 1. The van der Waals surface area contributed by atoms with Gasteiger partial charge in [-0.15, -0.1) is 0 Å². The van der Waals surface area contributed by atoms with Gasteiger partial charge in [0, 0.05) is 19.2 Å². The Kier molecular flexibility index (Phi) is 6.52. The quantitative estimate of drug-likeness (QED) is 0.782. The first kappa shape index (κ1) is 16.3. The van der Waals surface area contributed by atoms with E-state index in [0.717, 1.165) is 31.7 Å². The summed E-state index contributed by atoms with van der Waals surface area (Å²) in [5.74, 6) is 0.984. The van der Waals surface area contributed by atoms with Gasteiger partial charge in [-0.1, -0.05) is 12.5 Å². The van der Waals surface area contributed by atoms with Crippen molar-refractivity contribution >= 4 is 0 Å². The predicted molar refractivity (Wildman–Crippen MR) is 86.9 cm³/mol. The Morgan fingerprint density at radius 3 is 2.67 bits per heavy atom. The van der Waals surface area contributed by atoms with Gasteiger partial charge in [0.25, 0.3) is 0 Å². The molecule has 0 aromatic heterocycles. The van der Waals surface area contributed by atoms with Crippen molar-refractivity contribution in [2.24, 2.45) is 0 Å². The second kappa shape index (κ2) is 8.40. The molecule has 1 heterocycles. The van der Waals surface area contributed by atoms with Gasteiger partial charge < -0.3 is 14.7 Å². The molecule has 0 saturated carbocycles. The summed E-state index contributed by atoms with van der Waals surface area (Å²) >= 11 is 0. The number of aryl methyl sites for hydroxylation is 2. The van der Waals surface area contributed by atoms with Gasteiger partial charge in [0.15, 0.2) is 0 Å². The molecule has 2 rings (SSSR count). The molecule has 118 valence electrons. The molecular weight excluding hydrogens is 262 g/mol. The standard InChI is InChI=1S/C18H29NO2/c1-15-12-16(2)14-18(13-15)21-11-5-9-19-8-4-3-6-17(19)7-10-20/h12-14,17,20H,3-11H2,1-2H3. The highest BCUT2D eigenvalue weighted by Gasteiger charge is 2.21. The van der Waals surface area contributed by atoms with Crippen LogP contribution in [0.4, 0.5) is 0 Å². The molecule has 1 aliphatic heterocycles. The molecule has 21 heavy (non-hydrogen) atoms. The van der Waals surface area contributed by atoms with Crippen LogP contribution in [0.15, 0.2) is 18.2 Å². The number of benzene rings is 1. The molecule has 0 bridgehead atoms. The molecule has 3 heteroatoms. The van der Waals surface area contributed by atoms with Crippen LogP contribution >= 0.6 is 0 Å². The number of ether oxygens (including phenoxy) is 1. The molecule has 1 fully saturated rings. The molecule has 1 N–H and O–H groups in total. The first-order valence-electron chi connectivity index (χ1n) is 8.25. The predicted octanol–water partition coefficient (Wildman–Crippen LogP) is 3.31. The fourth-order valence-electron chi connectivity index (χ4n) is 3.30. The Labute approximate surface area is 128 Å². The first-order valence-corrected chi connectivity index (χ1v) is 8.25. The topological polar surface area (TPSA) is 32.7 Å². The summed E-state index contributed by atoms with van der Waals surface area (Å²) in [4.78, 5) is 2.53. The lowest BCUT2D eigenvalue weighted by molar-refractivity contribution is 0.112. The Morgan fingerprint density at radius 2 is 1.95 bits per heavy atom. The monoisotopic (exact) mass is 291 g/mol. The third-order valence-corrected chi connectivity index (χ3v) is 4.26. The molecule has 3 nitrogen and oxygen atoms in total. The lowest BCUT2D eigenvalue weighted by Gasteiger charge is -2.35. The van der Waals surface area contributed by atoms with Gasteiger partial charge in [-0.2, -0.15) is 0 Å². The van der Waals surface area contributed by atoms with E-state index in [0.29, 0.717) is 12.6 Å². The fraction of sp³-hybridized carbons (Fsp3) is 0.667. The van der Waals surface area contributed by atoms with Crippen molar-refractivity contribution in [2.75, 3.05) is 26.3 Å². The van der Waals surface area contributed by atoms with E-state index in [1.54, 1.807) is 0 Å². The van der Waals surface area contributed by atoms with E-state index in [1.807, 2.05) is 0 Å². The highest BCUT2D eigenvalue weighted by Crippen LogP contribution is 2.20. The summed E-state index contributed by atoms with van der Waals surface area (Å²) in [6.07, 6.45) is 5.80. The SMILES string of the molecule is Cc1cc(C)cc(OCCCN2CCCCC2CCO)c1. The minimum absolute atomic E-state index is 0.306. The van der Waals surface area contributed by atoms with E-state index in [9.17, 15) is 0 Å². The van der Waals surface area contributed by atoms with Crippen molar-refractivity contribution in [2.45, 2.75) is 52.0 Å². The number of nitrogens with zero attached hydrogens (tertiary/aromatic N) is 1. The van der Waals surface area contributed by atoms with E-state index in [1.165, 1.54) is 36.9 Å². The van der Waals surface area contributed by atoms with E-state index in [-0.39, 0.29) is 0 Å². The highest BCUT2D eigenvalue weighted by atomic mass is 16.5. The van der Waals surface area contributed by atoms with Gasteiger partial charge in [0.1, 0.15) is 5.75 Å². The maximum absolute atomic E-state index is 9.16. The lowest BCUT2D eigenvalue weighted by Crippen LogP contribution is -2.40. The zero-order valence-electron chi connectivity index (χ0n) is 13.5. The minimum atomic E-state index is 0.306. The molecule has 1 aromatic carbocycles. The molecule has 0 aliphatic carbocycles. The normalized spacial score (nSPS) is 19.7. The van der Waals surface area contributed by atoms with Gasteiger partial charge in [-0.05, 0) is 69.3 Å². The number of aliphatic hydroxyl groups is 1. The Morgan fingerprint density at radius 1 is 1.19 bits per heavy atom. The second-order valence-electron chi connectivity index (χ2n) is 6.22. The maximum Gasteiger partial charge on any atom is 0.119 e. The number of likely N-dealkylation sites (tertiary alicyclic amines) is 1. The Hall–Kier alpha value is -1.06. The number of aliphatic hydroxyl groups excluding tert-OH is 1. The van der Waals surface area contributed by atoms with Crippen molar-refractivity contribution in [3.63, 3.8) is 0 Å². The van der Waals surface area contributed by atoms with E-state index in [2.05, 4.69) is 36.9 Å². The summed E-state index contributed by atoms with van der Waals surface area (Å²) in [7, 11) is 0. The molecule has 0 radical (unpaired) electrons. The molecule has 1 aromatic rings. The Balaban J connectivity index is 1.73. The molecule has 1 aliphatic rings. The van der Waals surface area contributed by atoms with Crippen LogP contribution in [0.2, 0.25) is 0 Å². The van der Waals surface area contributed by atoms with Crippen molar-refractivity contribution in [3.8, 4) is 5.75 Å². The Bertz CT molecular complexity index is 411. The third-order valence-electron chi connectivity index (χ3n) is 4.26. The summed E-state index contributed by atoms with van der Waals surface area (Å²) in [6.45, 7) is 7.54. The summed E-state index contributed by atoms with van der Waals surface area (Å²) in [6, 6.07) is 6.94. The van der Waals surface area contributed by atoms with Crippen molar-refractivity contribution in [1.82, 2.24) is 4.90 Å². The van der Waals surface area contributed by atoms with Gasteiger partial charge in [-0.3, -0.25) is 0 Å². The van der Waals surface area contributed by atoms with Crippen LogP contribution in [0, 0.1) is 13.8 Å². The number of rotatable bonds is 7. The third kappa shape index (κ3) is 5.33. The van der Waals surface area contributed by atoms with Crippen LogP contribution in [-0.4, -0.2) is 42.4 Å². The van der Waals surface area contributed by atoms with Crippen LogP contribution in [0.5, 0.6) is 5.75 Å². The first-order chi connectivity index (χ1) is 10.2. The van der Waals surface area contributed by atoms with Gasteiger partial charge in [-0.25, -0.2) is 0 Å². The summed E-state index contributed by atoms with van der Waals surface area (Å²) in [5, 5.41) is 9.16. The lowest BCUT2D eigenvalue weighted by atomic mass is 9.99. The van der Waals surface area contributed by atoms with Crippen LogP contribution in [-0.2, 0) is 0 Å². The molecule has 1 unspecified atom stereocenters. The summed E-state index contributed by atoms with van der Waals surface area (Å²) < 4.78 is 5.88. The largest absolute Gasteiger partial charge is 0.494 e. The molecule has 1 atom stereocenters. The number of hydrogen-bond acceptors (Lipinski definition) is 3. The molecule has 0 amide bonds. The molecular formula is C18H29NO2. The van der Waals surface area contributed by atoms with Crippen molar-refractivity contribution < 1.29 is 9.84 Å². The van der Waals surface area contributed by atoms with E-state index in [4.69, 9.17) is 9.84 Å². The average Bonchev–Trinajstić information content (AvgIpc) is 2.44. The van der Waals surface area contributed by atoms with Crippen LogP contribution < -0.4 is 4.74 Å². The van der Waals surface area contributed by atoms with E-state index < -0.39 is 0 Å². The zero-order chi connectivity index (χ0) is 15.1. The van der Waals surface area contributed by atoms with Crippen LogP contribution in [0.25, 0.3) is 0 Å². The number of piperidine rings is 1. The van der Waals surface area contributed by atoms with Gasteiger partial charge >= 0.3 is 0 Å². The van der Waals surface area contributed by atoms with E-state index >= 15 is 0 Å².